The third-order valence-electron chi connectivity index (χ3n) is 4.46. The third kappa shape index (κ3) is 4.55. The second-order valence-electron chi connectivity index (χ2n) is 6.45. The summed E-state index contributed by atoms with van der Waals surface area (Å²) in [6.45, 7) is 6.28. The Morgan fingerprint density at radius 2 is 1.89 bits per heavy atom. The number of hydrogen-bond acceptors (Lipinski definition) is 5. The SMILES string of the molecule is CNC(C(=O)Nc1nc(-c2cc(C)c(C)cc2C)cs1)c1cnn(C)c1.Cl. The van der Waals surface area contributed by atoms with E-state index >= 15 is 0 Å². The second kappa shape index (κ2) is 8.65. The minimum Gasteiger partial charge on any atom is -0.305 e. The van der Waals surface area contributed by atoms with Gasteiger partial charge in [-0.3, -0.25) is 9.48 Å². The lowest BCUT2D eigenvalue weighted by Crippen LogP contribution is -2.30. The van der Waals surface area contributed by atoms with Gasteiger partial charge in [-0.2, -0.15) is 5.10 Å². The molecule has 144 valence electrons. The van der Waals surface area contributed by atoms with Crippen molar-refractivity contribution in [2.45, 2.75) is 26.8 Å². The fourth-order valence-electron chi connectivity index (χ4n) is 2.91. The Balaban J connectivity index is 0.00000261. The zero-order valence-electron chi connectivity index (χ0n) is 16.0. The number of carbonyl (C=O) groups excluding carboxylic acids is 1. The van der Waals surface area contributed by atoms with Crippen LogP contribution in [0.25, 0.3) is 11.3 Å². The van der Waals surface area contributed by atoms with E-state index in [0.29, 0.717) is 5.13 Å². The number of thiazole rings is 1. The van der Waals surface area contributed by atoms with Gasteiger partial charge in [-0.05, 0) is 50.6 Å². The van der Waals surface area contributed by atoms with Crippen molar-refractivity contribution in [2.75, 3.05) is 12.4 Å². The number of likely N-dealkylation sites (N-methyl/N-ethyl adjacent to an activating group) is 1. The monoisotopic (exact) mass is 405 g/mol. The molecule has 1 aromatic carbocycles. The summed E-state index contributed by atoms with van der Waals surface area (Å²) in [6, 6.07) is 3.85. The molecular weight excluding hydrogens is 382 g/mol. The number of aromatic nitrogens is 3. The smallest absolute Gasteiger partial charge is 0.247 e. The zero-order valence-corrected chi connectivity index (χ0v) is 17.7. The van der Waals surface area contributed by atoms with E-state index in [1.165, 1.54) is 28.0 Å². The van der Waals surface area contributed by atoms with Crippen LogP contribution < -0.4 is 10.6 Å². The van der Waals surface area contributed by atoms with Gasteiger partial charge in [-0.25, -0.2) is 4.98 Å². The van der Waals surface area contributed by atoms with Crippen LogP contribution in [0.1, 0.15) is 28.3 Å². The highest BCUT2D eigenvalue weighted by Gasteiger charge is 2.21. The van der Waals surface area contributed by atoms with E-state index in [9.17, 15) is 4.79 Å². The summed E-state index contributed by atoms with van der Waals surface area (Å²) in [7, 11) is 3.58. The molecular formula is C19H24ClN5OS. The molecule has 3 aromatic rings. The highest BCUT2D eigenvalue weighted by molar-refractivity contribution is 7.14. The lowest BCUT2D eigenvalue weighted by atomic mass is 9.99. The molecule has 0 saturated carbocycles. The molecule has 2 aromatic heterocycles. The molecule has 0 aliphatic heterocycles. The minimum absolute atomic E-state index is 0. The van der Waals surface area contributed by atoms with Crippen molar-refractivity contribution in [3.63, 3.8) is 0 Å². The molecule has 3 rings (SSSR count). The summed E-state index contributed by atoms with van der Waals surface area (Å²) in [5, 5.41) is 12.6. The summed E-state index contributed by atoms with van der Waals surface area (Å²) in [5.74, 6) is -0.154. The van der Waals surface area contributed by atoms with Crippen molar-refractivity contribution in [1.82, 2.24) is 20.1 Å². The Bertz CT molecular complexity index is 949. The fraction of sp³-hybridized carbons (Fsp3) is 0.316. The van der Waals surface area contributed by atoms with Gasteiger partial charge >= 0.3 is 0 Å². The fourth-order valence-corrected chi connectivity index (χ4v) is 3.62. The van der Waals surface area contributed by atoms with E-state index in [1.54, 1.807) is 17.9 Å². The predicted molar refractivity (Wildman–Crippen MR) is 113 cm³/mol. The Labute approximate surface area is 169 Å². The molecule has 1 unspecified atom stereocenters. The highest BCUT2D eigenvalue weighted by atomic mass is 35.5. The maximum atomic E-state index is 12.6. The summed E-state index contributed by atoms with van der Waals surface area (Å²) in [6.07, 6.45) is 3.51. The maximum Gasteiger partial charge on any atom is 0.247 e. The van der Waals surface area contributed by atoms with Crippen molar-refractivity contribution in [2.24, 2.45) is 7.05 Å². The number of carbonyl (C=O) groups is 1. The van der Waals surface area contributed by atoms with Crippen molar-refractivity contribution in [1.29, 1.82) is 0 Å². The van der Waals surface area contributed by atoms with Crippen molar-refractivity contribution >= 4 is 34.8 Å². The number of hydrogen-bond donors (Lipinski definition) is 2. The van der Waals surface area contributed by atoms with Crippen LogP contribution in [0.2, 0.25) is 0 Å². The number of anilines is 1. The molecule has 0 fully saturated rings. The molecule has 0 spiro atoms. The van der Waals surface area contributed by atoms with Gasteiger partial charge in [0.2, 0.25) is 5.91 Å². The summed E-state index contributed by atoms with van der Waals surface area (Å²) in [4.78, 5) is 17.2. The predicted octanol–water partition coefficient (Wildman–Crippen LogP) is 3.79. The van der Waals surface area contributed by atoms with Crippen LogP contribution in [-0.2, 0) is 11.8 Å². The number of rotatable bonds is 5. The Kier molecular flexibility index (Phi) is 6.75. The molecule has 8 heteroatoms. The normalized spacial score (nSPS) is 11.7. The van der Waals surface area contributed by atoms with Gasteiger partial charge in [0.15, 0.2) is 5.13 Å². The average Bonchev–Trinajstić information content (AvgIpc) is 3.21. The number of benzene rings is 1. The molecule has 0 aliphatic carbocycles. The van der Waals surface area contributed by atoms with Gasteiger partial charge < -0.3 is 10.6 Å². The van der Waals surface area contributed by atoms with Gasteiger partial charge in [0.1, 0.15) is 6.04 Å². The number of nitrogens with zero attached hydrogens (tertiary/aromatic N) is 3. The number of nitrogens with one attached hydrogen (secondary N) is 2. The van der Waals surface area contributed by atoms with Gasteiger partial charge in [0, 0.05) is 29.8 Å². The van der Waals surface area contributed by atoms with E-state index in [1.807, 2.05) is 18.6 Å². The molecule has 2 heterocycles. The van der Waals surface area contributed by atoms with E-state index in [0.717, 1.165) is 16.8 Å². The standard InChI is InChI=1S/C19H23N5OS.ClH/c1-11-6-13(3)15(7-12(11)2)16-10-26-19(22-16)23-18(25)17(20-4)14-8-21-24(5)9-14;/h6-10,17,20H,1-5H3,(H,22,23,25);1H. The summed E-state index contributed by atoms with van der Waals surface area (Å²) in [5.41, 5.74) is 6.48. The van der Waals surface area contributed by atoms with Crippen molar-refractivity contribution < 1.29 is 4.79 Å². The molecule has 27 heavy (non-hydrogen) atoms. The van der Waals surface area contributed by atoms with Gasteiger partial charge in [-0.15, -0.1) is 23.7 Å². The molecule has 0 radical (unpaired) electrons. The third-order valence-corrected chi connectivity index (χ3v) is 5.22. The molecule has 6 nitrogen and oxygen atoms in total. The Morgan fingerprint density at radius 1 is 1.19 bits per heavy atom. The molecule has 2 N–H and O–H groups in total. The van der Waals surface area contributed by atoms with Crippen LogP contribution in [0, 0.1) is 20.8 Å². The second-order valence-corrected chi connectivity index (χ2v) is 7.31. The average molecular weight is 406 g/mol. The number of aryl methyl sites for hydroxylation is 4. The number of amides is 1. The van der Waals surface area contributed by atoms with Gasteiger partial charge in [0.05, 0.1) is 11.9 Å². The molecule has 0 aliphatic rings. The first-order valence-corrected chi connectivity index (χ1v) is 9.27. The first-order chi connectivity index (χ1) is 12.4. The largest absolute Gasteiger partial charge is 0.305 e. The lowest BCUT2D eigenvalue weighted by Gasteiger charge is -2.13. The quantitative estimate of drug-likeness (QED) is 0.677. The van der Waals surface area contributed by atoms with Crippen LogP contribution in [-0.4, -0.2) is 27.7 Å². The zero-order chi connectivity index (χ0) is 18.8. The lowest BCUT2D eigenvalue weighted by molar-refractivity contribution is -0.118. The first-order valence-electron chi connectivity index (χ1n) is 8.39. The van der Waals surface area contributed by atoms with Crippen LogP contribution in [0.3, 0.4) is 0 Å². The van der Waals surface area contributed by atoms with Gasteiger partial charge in [-0.1, -0.05) is 6.07 Å². The molecule has 1 atom stereocenters. The van der Waals surface area contributed by atoms with E-state index < -0.39 is 6.04 Å². The van der Waals surface area contributed by atoms with Crippen molar-refractivity contribution in [3.05, 3.63) is 52.2 Å². The Hall–Kier alpha value is -2.22. The summed E-state index contributed by atoms with van der Waals surface area (Å²) >= 11 is 1.43. The van der Waals surface area contributed by atoms with Crippen LogP contribution >= 0.6 is 23.7 Å². The molecule has 0 saturated heterocycles. The minimum atomic E-state index is -0.473. The molecule has 1 amide bonds. The van der Waals surface area contributed by atoms with E-state index in [-0.39, 0.29) is 18.3 Å². The Morgan fingerprint density at radius 3 is 2.52 bits per heavy atom. The summed E-state index contributed by atoms with van der Waals surface area (Å²) < 4.78 is 1.68. The van der Waals surface area contributed by atoms with Gasteiger partial charge in [0.25, 0.3) is 0 Å². The first kappa shape index (κ1) is 21.1. The van der Waals surface area contributed by atoms with E-state index in [4.69, 9.17) is 0 Å². The van der Waals surface area contributed by atoms with Crippen LogP contribution in [0.15, 0.2) is 29.9 Å². The van der Waals surface area contributed by atoms with Crippen LogP contribution in [0.4, 0.5) is 5.13 Å². The maximum absolute atomic E-state index is 12.6. The molecule has 0 bridgehead atoms. The highest BCUT2D eigenvalue weighted by Crippen LogP contribution is 2.30. The van der Waals surface area contributed by atoms with E-state index in [2.05, 4.69) is 53.6 Å². The van der Waals surface area contributed by atoms with Crippen molar-refractivity contribution in [3.8, 4) is 11.3 Å². The van der Waals surface area contributed by atoms with Crippen LogP contribution in [0.5, 0.6) is 0 Å². The number of halogens is 1. The topological polar surface area (TPSA) is 71.8 Å².